The van der Waals surface area contributed by atoms with Crippen LogP contribution in [0.1, 0.15) is 22.8 Å². The first-order chi connectivity index (χ1) is 11.9. The number of carbonyl (C=O) groups excluding carboxylic acids is 2. The van der Waals surface area contributed by atoms with Gasteiger partial charge in [0.2, 0.25) is 0 Å². The number of esters is 1. The Morgan fingerprint density at radius 2 is 1.96 bits per heavy atom. The molecule has 0 heterocycles. The first kappa shape index (κ1) is 19.3. The maximum Gasteiger partial charge on any atom is 0.338 e. The van der Waals surface area contributed by atoms with Crippen LogP contribution < -0.4 is 10.1 Å². The van der Waals surface area contributed by atoms with Gasteiger partial charge in [-0.1, -0.05) is 17.7 Å². The molecular weight excluding hydrogens is 410 g/mol. The lowest BCUT2D eigenvalue weighted by Gasteiger charge is -2.12. The zero-order chi connectivity index (χ0) is 18.4. The Hall–Kier alpha value is -2.05. The van der Waals surface area contributed by atoms with Crippen molar-refractivity contribution in [2.45, 2.75) is 13.8 Å². The average Bonchev–Trinajstić information content (AvgIpc) is 2.56. The summed E-state index contributed by atoms with van der Waals surface area (Å²) in [6, 6.07) is 10.0. The second kappa shape index (κ2) is 8.87. The highest BCUT2D eigenvalue weighted by Gasteiger charge is 2.12. The highest BCUT2D eigenvalue weighted by Crippen LogP contribution is 2.28. The summed E-state index contributed by atoms with van der Waals surface area (Å²) in [6.45, 7) is 3.68. The lowest BCUT2D eigenvalue weighted by atomic mass is 10.1. The second-order valence-electron chi connectivity index (χ2n) is 5.16. The fourth-order valence-corrected chi connectivity index (χ4v) is 2.82. The number of anilines is 1. The van der Waals surface area contributed by atoms with Gasteiger partial charge in [-0.3, -0.25) is 4.79 Å². The number of hydrogen-bond donors (Lipinski definition) is 1. The van der Waals surface area contributed by atoms with Gasteiger partial charge in [0.1, 0.15) is 5.75 Å². The number of aryl methyl sites for hydroxylation is 1. The van der Waals surface area contributed by atoms with E-state index in [0.717, 1.165) is 5.56 Å². The molecule has 0 saturated carbocycles. The van der Waals surface area contributed by atoms with Crippen molar-refractivity contribution in [3.8, 4) is 5.75 Å². The van der Waals surface area contributed by atoms with Crippen molar-refractivity contribution < 1.29 is 19.1 Å². The van der Waals surface area contributed by atoms with Gasteiger partial charge in [0.25, 0.3) is 5.91 Å². The SMILES string of the molecule is CCOC(=O)c1ccc(C)c(NC(=O)COc2ccc(Cl)cc2Br)c1. The molecule has 0 bridgehead atoms. The summed E-state index contributed by atoms with van der Waals surface area (Å²) in [5, 5.41) is 3.30. The normalized spacial score (nSPS) is 10.2. The fraction of sp³-hybridized carbons (Fsp3) is 0.222. The summed E-state index contributed by atoms with van der Waals surface area (Å²) < 4.78 is 11.1. The van der Waals surface area contributed by atoms with Crippen LogP contribution in [0.4, 0.5) is 5.69 Å². The highest BCUT2D eigenvalue weighted by molar-refractivity contribution is 9.10. The van der Waals surface area contributed by atoms with Gasteiger partial charge in [0.15, 0.2) is 6.61 Å². The molecule has 132 valence electrons. The summed E-state index contributed by atoms with van der Waals surface area (Å²) in [6.07, 6.45) is 0. The second-order valence-corrected chi connectivity index (χ2v) is 6.45. The third-order valence-electron chi connectivity index (χ3n) is 3.28. The summed E-state index contributed by atoms with van der Waals surface area (Å²) in [4.78, 5) is 23.9. The molecule has 0 aliphatic rings. The summed E-state index contributed by atoms with van der Waals surface area (Å²) in [7, 11) is 0. The van der Waals surface area contributed by atoms with Crippen molar-refractivity contribution in [1.82, 2.24) is 0 Å². The lowest BCUT2D eigenvalue weighted by Crippen LogP contribution is -2.21. The van der Waals surface area contributed by atoms with Crippen LogP contribution in [0.3, 0.4) is 0 Å². The predicted octanol–water partition coefficient (Wildman–Crippen LogP) is 4.61. The minimum Gasteiger partial charge on any atom is -0.483 e. The van der Waals surface area contributed by atoms with Crippen LogP contribution in [0, 0.1) is 6.92 Å². The molecule has 0 saturated heterocycles. The molecule has 2 rings (SSSR count). The van der Waals surface area contributed by atoms with E-state index in [0.29, 0.717) is 26.5 Å². The number of carbonyl (C=O) groups is 2. The van der Waals surface area contributed by atoms with Gasteiger partial charge >= 0.3 is 5.97 Å². The predicted molar refractivity (Wildman–Crippen MR) is 100 cm³/mol. The van der Waals surface area contributed by atoms with E-state index in [1.165, 1.54) is 0 Å². The molecule has 1 N–H and O–H groups in total. The van der Waals surface area contributed by atoms with Gasteiger partial charge in [0.05, 0.1) is 16.6 Å². The Balaban J connectivity index is 2.02. The smallest absolute Gasteiger partial charge is 0.338 e. The maximum atomic E-state index is 12.1. The zero-order valence-electron chi connectivity index (χ0n) is 13.8. The van der Waals surface area contributed by atoms with Gasteiger partial charge in [-0.15, -0.1) is 0 Å². The number of amides is 1. The number of halogens is 2. The number of benzene rings is 2. The number of rotatable bonds is 6. The maximum absolute atomic E-state index is 12.1. The molecule has 0 atom stereocenters. The standard InChI is InChI=1S/C18H17BrClNO4/c1-3-24-18(23)12-5-4-11(2)15(8-12)21-17(22)10-25-16-7-6-13(20)9-14(16)19/h4-9H,3,10H2,1-2H3,(H,21,22). The Morgan fingerprint density at radius 1 is 1.20 bits per heavy atom. The first-order valence-corrected chi connectivity index (χ1v) is 8.73. The highest BCUT2D eigenvalue weighted by atomic mass is 79.9. The van der Waals surface area contributed by atoms with Crippen molar-refractivity contribution in [2.75, 3.05) is 18.5 Å². The molecule has 0 aromatic heterocycles. The fourth-order valence-electron chi connectivity index (χ4n) is 2.02. The average molecular weight is 427 g/mol. The van der Waals surface area contributed by atoms with Crippen LogP contribution in [-0.2, 0) is 9.53 Å². The molecular formula is C18H17BrClNO4. The molecule has 0 aliphatic heterocycles. The Bertz CT molecular complexity index is 795. The van der Waals surface area contributed by atoms with Crippen molar-refractivity contribution in [2.24, 2.45) is 0 Å². The number of ether oxygens (including phenoxy) is 2. The van der Waals surface area contributed by atoms with Crippen LogP contribution in [0.2, 0.25) is 5.02 Å². The van der Waals surface area contributed by atoms with E-state index in [4.69, 9.17) is 21.1 Å². The van der Waals surface area contributed by atoms with Crippen molar-refractivity contribution in [3.05, 3.63) is 57.0 Å². The minimum absolute atomic E-state index is 0.177. The number of nitrogens with one attached hydrogen (secondary N) is 1. The molecule has 7 heteroatoms. The lowest BCUT2D eigenvalue weighted by molar-refractivity contribution is -0.118. The van der Waals surface area contributed by atoms with Gasteiger partial charge in [-0.05, 0) is 65.7 Å². The Kier molecular flexibility index (Phi) is 6.84. The van der Waals surface area contributed by atoms with Crippen LogP contribution in [0.5, 0.6) is 5.75 Å². The van der Waals surface area contributed by atoms with E-state index < -0.39 is 5.97 Å². The van der Waals surface area contributed by atoms with E-state index in [1.807, 2.05) is 6.92 Å². The van der Waals surface area contributed by atoms with Crippen molar-refractivity contribution in [3.63, 3.8) is 0 Å². The topological polar surface area (TPSA) is 64.6 Å². The molecule has 5 nitrogen and oxygen atoms in total. The Labute approximate surface area is 159 Å². The molecule has 0 fully saturated rings. The molecule has 25 heavy (non-hydrogen) atoms. The summed E-state index contributed by atoms with van der Waals surface area (Å²) >= 11 is 9.19. The molecule has 2 aromatic rings. The van der Waals surface area contributed by atoms with Gasteiger partial charge in [0, 0.05) is 10.7 Å². The zero-order valence-corrected chi connectivity index (χ0v) is 16.1. The van der Waals surface area contributed by atoms with E-state index in [9.17, 15) is 9.59 Å². The Morgan fingerprint density at radius 3 is 2.64 bits per heavy atom. The van der Waals surface area contributed by atoms with Crippen LogP contribution in [-0.4, -0.2) is 25.1 Å². The third kappa shape index (κ3) is 5.47. The van der Waals surface area contributed by atoms with Gasteiger partial charge in [-0.25, -0.2) is 4.79 Å². The molecule has 0 radical (unpaired) electrons. The first-order valence-electron chi connectivity index (χ1n) is 7.56. The number of hydrogen-bond acceptors (Lipinski definition) is 4. The van der Waals surface area contributed by atoms with E-state index in [1.54, 1.807) is 43.3 Å². The van der Waals surface area contributed by atoms with Gasteiger partial charge < -0.3 is 14.8 Å². The van der Waals surface area contributed by atoms with Crippen molar-refractivity contribution >= 4 is 45.1 Å². The largest absolute Gasteiger partial charge is 0.483 e. The molecule has 0 spiro atoms. The van der Waals surface area contributed by atoms with E-state index >= 15 is 0 Å². The monoisotopic (exact) mass is 425 g/mol. The minimum atomic E-state index is -0.431. The molecule has 0 unspecified atom stereocenters. The van der Waals surface area contributed by atoms with E-state index in [-0.39, 0.29) is 19.1 Å². The molecule has 2 aromatic carbocycles. The van der Waals surface area contributed by atoms with Crippen molar-refractivity contribution in [1.29, 1.82) is 0 Å². The van der Waals surface area contributed by atoms with Crippen LogP contribution in [0.15, 0.2) is 40.9 Å². The van der Waals surface area contributed by atoms with E-state index in [2.05, 4.69) is 21.2 Å². The molecule has 0 aliphatic carbocycles. The third-order valence-corrected chi connectivity index (χ3v) is 4.13. The van der Waals surface area contributed by atoms with Crippen LogP contribution >= 0.6 is 27.5 Å². The van der Waals surface area contributed by atoms with Gasteiger partial charge in [-0.2, -0.15) is 0 Å². The quantitative estimate of drug-likeness (QED) is 0.685. The summed E-state index contributed by atoms with van der Waals surface area (Å²) in [5.41, 5.74) is 1.74. The summed E-state index contributed by atoms with van der Waals surface area (Å²) in [5.74, 6) is -0.262. The molecule has 1 amide bonds. The van der Waals surface area contributed by atoms with Crippen LogP contribution in [0.25, 0.3) is 0 Å².